The van der Waals surface area contributed by atoms with Gasteiger partial charge in [0, 0.05) is 28.9 Å². The molecule has 1 amide bonds. The van der Waals surface area contributed by atoms with Gasteiger partial charge in [-0.3, -0.25) is 4.79 Å². The van der Waals surface area contributed by atoms with Crippen molar-refractivity contribution in [1.29, 1.82) is 0 Å². The van der Waals surface area contributed by atoms with Crippen LogP contribution in [0, 0.1) is 0 Å². The van der Waals surface area contributed by atoms with E-state index in [1.54, 1.807) is 18.5 Å². The van der Waals surface area contributed by atoms with Gasteiger partial charge in [-0.15, -0.1) is 11.8 Å². The SMILES string of the molecule is O=C(CSc1cccc(-c2ncccn2)c1)NC1CC1. The molecule has 1 saturated carbocycles. The molecule has 1 fully saturated rings. The van der Waals surface area contributed by atoms with Gasteiger partial charge in [-0.05, 0) is 31.0 Å². The molecule has 2 aromatic rings. The van der Waals surface area contributed by atoms with Crippen molar-refractivity contribution in [3.8, 4) is 11.4 Å². The molecule has 1 aliphatic carbocycles. The minimum atomic E-state index is 0.110. The van der Waals surface area contributed by atoms with Gasteiger partial charge in [-0.25, -0.2) is 9.97 Å². The van der Waals surface area contributed by atoms with E-state index in [0.29, 0.717) is 17.6 Å². The van der Waals surface area contributed by atoms with Crippen molar-refractivity contribution < 1.29 is 4.79 Å². The number of nitrogens with zero attached hydrogens (tertiary/aromatic N) is 2. The third-order valence-corrected chi connectivity index (χ3v) is 3.96. The summed E-state index contributed by atoms with van der Waals surface area (Å²) in [6.07, 6.45) is 5.70. The predicted octanol–water partition coefficient (Wildman–Crippen LogP) is 2.51. The minimum absolute atomic E-state index is 0.110. The molecule has 0 bridgehead atoms. The van der Waals surface area contributed by atoms with Gasteiger partial charge in [0.25, 0.3) is 0 Å². The molecule has 3 rings (SSSR count). The first-order valence-electron chi connectivity index (χ1n) is 6.61. The Bertz CT molecular complexity index is 599. The topological polar surface area (TPSA) is 54.9 Å². The normalized spacial score (nSPS) is 14.0. The highest BCUT2D eigenvalue weighted by molar-refractivity contribution is 8.00. The minimum Gasteiger partial charge on any atom is -0.353 e. The van der Waals surface area contributed by atoms with Crippen LogP contribution in [0.4, 0.5) is 0 Å². The molecule has 102 valence electrons. The molecule has 20 heavy (non-hydrogen) atoms. The van der Waals surface area contributed by atoms with Crippen LogP contribution in [0.25, 0.3) is 11.4 Å². The summed E-state index contributed by atoms with van der Waals surface area (Å²) in [5.41, 5.74) is 0.971. The third-order valence-electron chi connectivity index (χ3n) is 2.97. The molecule has 4 nitrogen and oxygen atoms in total. The summed E-state index contributed by atoms with van der Waals surface area (Å²) in [6, 6.07) is 10.2. The first kappa shape index (κ1) is 13.1. The van der Waals surface area contributed by atoms with Crippen LogP contribution in [0.15, 0.2) is 47.6 Å². The van der Waals surface area contributed by atoms with E-state index in [9.17, 15) is 4.79 Å². The number of benzene rings is 1. The zero-order valence-corrected chi connectivity index (χ0v) is 11.8. The molecule has 0 unspecified atom stereocenters. The molecule has 1 heterocycles. The van der Waals surface area contributed by atoms with Crippen LogP contribution < -0.4 is 5.32 Å². The Morgan fingerprint density at radius 2 is 2.05 bits per heavy atom. The second kappa shape index (κ2) is 6.05. The third kappa shape index (κ3) is 3.57. The maximum Gasteiger partial charge on any atom is 0.230 e. The van der Waals surface area contributed by atoms with Crippen molar-refractivity contribution in [2.75, 3.05) is 5.75 Å². The van der Waals surface area contributed by atoms with Crippen LogP contribution in [0.3, 0.4) is 0 Å². The zero-order valence-electron chi connectivity index (χ0n) is 11.0. The van der Waals surface area contributed by atoms with E-state index in [1.807, 2.05) is 24.3 Å². The van der Waals surface area contributed by atoms with Gasteiger partial charge in [-0.2, -0.15) is 0 Å². The Kier molecular flexibility index (Phi) is 3.97. The van der Waals surface area contributed by atoms with E-state index < -0.39 is 0 Å². The lowest BCUT2D eigenvalue weighted by atomic mass is 10.2. The number of carbonyl (C=O) groups is 1. The van der Waals surface area contributed by atoms with Crippen LogP contribution in [-0.2, 0) is 4.79 Å². The van der Waals surface area contributed by atoms with Crippen molar-refractivity contribution in [1.82, 2.24) is 15.3 Å². The largest absolute Gasteiger partial charge is 0.353 e. The van der Waals surface area contributed by atoms with E-state index >= 15 is 0 Å². The van der Waals surface area contributed by atoms with Gasteiger partial charge in [0.15, 0.2) is 5.82 Å². The average Bonchev–Trinajstić information content (AvgIpc) is 3.30. The van der Waals surface area contributed by atoms with Crippen molar-refractivity contribution in [2.45, 2.75) is 23.8 Å². The Balaban J connectivity index is 1.63. The number of thioether (sulfide) groups is 1. The van der Waals surface area contributed by atoms with Gasteiger partial charge < -0.3 is 5.32 Å². The summed E-state index contributed by atoms with van der Waals surface area (Å²) in [5, 5.41) is 2.99. The monoisotopic (exact) mass is 285 g/mol. The summed E-state index contributed by atoms with van der Waals surface area (Å²) in [6.45, 7) is 0. The van der Waals surface area contributed by atoms with Gasteiger partial charge >= 0.3 is 0 Å². The van der Waals surface area contributed by atoms with Crippen molar-refractivity contribution >= 4 is 17.7 Å². The van der Waals surface area contributed by atoms with Gasteiger partial charge in [0.2, 0.25) is 5.91 Å². The van der Waals surface area contributed by atoms with Crippen LogP contribution in [0.1, 0.15) is 12.8 Å². The fraction of sp³-hybridized carbons (Fsp3) is 0.267. The molecule has 0 aliphatic heterocycles. The highest BCUT2D eigenvalue weighted by Gasteiger charge is 2.22. The molecular weight excluding hydrogens is 270 g/mol. The lowest BCUT2D eigenvalue weighted by Crippen LogP contribution is -2.26. The summed E-state index contributed by atoms with van der Waals surface area (Å²) in [4.78, 5) is 21.2. The number of aromatic nitrogens is 2. The number of amides is 1. The first-order chi connectivity index (χ1) is 9.81. The Morgan fingerprint density at radius 1 is 1.25 bits per heavy atom. The molecule has 5 heteroatoms. The molecule has 0 spiro atoms. The maximum absolute atomic E-state index is 11.7. The molecular formula is C15H15N3OS. The van der Waals surface area contributed by atoms with Crippen LogP contribution in [0.2, 0.25) is 0 Å². The standard InChI is InChI=1S/C15H15N3OS/c19-14(18-12-5-6-12)10-20-13-4-1-3-11(9-13)15-16-7-2-8-17-15/h1-4,7-9,12H,5-6,10H2,(H,18,19). The van der Waals surface area contributed by atoms with Gasteiger partial charge in [0.05, 0.1) is 5.75 Å². The summed E-state index contributed by atoms with van der Waals surface area (Å²) in [5.74, 6) is 1.27. The molecule has 1 aliphatic rings. The average molecular weight is 285 g/mol. The summed E-state index contributed by atoms with van der Waals surface area (Å²) >= 11 is 1.54. The number of rotatable bonds is 5. The van der Waals surface area contributed by atoms with E-state index in [1.165, 1.54) is 11.8 Å². The molecule has 1 aromatic heterocycles. The number of carbonyl (C=O) groups excluding carboxylic acids is 1. The lowest BCUT2D eigenvalue weighted by Gasteiger charge is -2.05. The molecule has 0 radical (unpaired) electrons. The number of nitrogens with one attached hydrogen (secondary N) is 1. The Labute approximate surface area is 122 Å². The van der Waals surface area contributed by atoms with E-state index in [4.69, 9.17) is 0 Å². The molecule has 1 aromatic carbocycles. The van der Waals surface area contributed by atoms with Gasteiger partial charge in [-0.1, -0.05) is 12.1 Å². The van der Waals surface area contributed by atoms with Crippen molar-refractivity contribution in [3.05, 3.63) is 42.7 Å². The lowest BCUT2D eigenvalue weighted by molar-refractivity contribution is -0.118. The fourth-order valence-electron chi connectivity index (χ4n) is 1.82. The smallest absolute Gasteiger partial charge is 0.230 e. The second-order valence-corrected chi connectivity index (χ2v) is 5.78. The number of hydrogen-bond acceptors (Lipinski definition) is 4. The van der Waals surface area contributed by atoms with Crippen LogP contribution in [-0.4, -0.2) is 27.7 Å². The fourth-order valence-corrected chi connectivity index (χ4v) is 2.59. The summed E-state index contributed by atoms with van der Waals surface area (Å²) < 4.78 is 0. The van der Waals surface area contributed by atoms with Crippen molar-refractivity contribution in [2.24, 2.45) is 0 Å². The van der Waals surface area contributed by atoms with Crippen LogP contribution >= 0.6 is 11.8 Å². The first-order valence-corrected chi connectivity index (χ1v) is 7.59. The molecule has 1 N–H and O–H groups in total. The maximum atomic E-state index is 11.7. The highest BCUT2D eigenvalue weighted by atomic mass is 32.2. The predicted molar refractivity (Wildman–Crippen MR) is 79.4 cm³/mol. The summed E-state index contributed by atoms with van der Waals surface area (Å²) in [7, 11) is 0. The molecule has 0 saturated heterocycles. The quantitative estimate of drug-likeness (QED) is 0.858. The molecule has 0 atom stereocenters. The van der Waals surface area contributed by atoms with E-state index in [2.05, 4.69) is 15.3 Å². The Morgan fingerprint density at radius 3 is 2.80 bits per heavy atom. The Hall–Kier alpha value is -1.88. The zero-order chi connectivity index (χ0) is 13.8. The second-order valence-electron chi connectivity index (χ2n) is 4.73. The van der Waals surface area contributed by atoms with Gasteiger partial charge in [0.1, 0.15) is 0 Å². The van der Waals surface area contributed by atoms with E-state index in [-0.39, 0.29) is 5.91 Å². The van der Waals surface area contributed by atoms with E-state index in [0.717, 1.165) is 23.3 Å². The van der Waals surface area contributed by atoms with Crippen molar-refractivity contribution in [3.63, 3.8) is 0 Å². The number of hydrogen-bond donors (Lipinski definition) is 1. The highest BCUT2D eigenvalue weighted by Crippen LogP contribution is 2.24. The van der Waals surface area contributed by atoms with Crippen LogP contribution in [0.5, 0.6) is 0 Å².